The predicted molar refractivity (Wildman–Crippen MR) is 108 cm³/mol. The Bertz CT molecular complexity index is 941. The van der Waals surface area contributed by atoms with Gasteiger partial charge in [0, 0.05) is 0 Å². The van der Waals surface area contributed by atoms with Crippen LogP contribution >= 0.6 is 24.0 Å². The van der Waals surface area contributed by atoms with Crippen molar-refractivity contribution in [2.24, 2.45) is 0 Å². The molecule has 6 nitrogen and oxygen atoms in total. The first-order valence-corrected chi connectivity index (χ1v) is 9.07. The van der Waals surface area contributed by atoms with E-state index >= 15 is 0 Å². The molecule has 1 aliphatic heterocycles. The second kappa shape index (κ2) is 8.24. The van der Waals surface area contributed by atoms with Gasteiger partial charge in [-0.15, -0.1) is 0 Å². The number of methoxy groups -OCH3 is 1. The summed E-state index contributed by atoms with van der Waals surface area (Å²) in [4.78, 5) is 25.4. The summed E-state index contributed by atoms with van der Waals surface area (Å²) in [6.45, 7) is -0.431. The molecule has 0 saturated carbocycles. The minimum atomic E-state index is -1.06. The zero-order valence-electron chi connectivity index (χ0n) is 14.2. The van der Waals surface area contributed by atoms with Gasteiger partial charge in [0.25, 0.3) is 5.91 Å². The summed E-state index contributed by atoms with van der Waals surface area (Å²) in [6.07, 6.45) is 1.70. The maximum Gasteiger partial charge on any atom is 0.341 e. The monoisotopic (exact) mass is 401 g/mol. The molecule has 138 valence electrons. The lowest BCUT2D eigenvalue weighted by molar-refractivity contribution is -0.139. The molecule has 0 aliphatic carbocycles. The molecule has 2 aromatic carbocycles. The Morgan fingerprint density at radius 3 is 2.78 bits per heavy atom. The molecule has 0 unspecified atom stereocenters. The number of carboxylic acid groups (broad SMARTS) is 1. The Morgan fingerprint density at radius 2 is 2.04 bits per heavy atom. The first kappa shape index (κ1) is 18.9. The number of nitrogens with zero attached hydrogens (tertiary/aromatic N) is 1. The number of hydrogen-bond acceptors (Lipinski definition) is 6. The van der Waals surface area contributed by atoms with Crippen LogP contribution in [0.25, 0.3) is 6.08 Å². The lowest BCUT2D eigenvalue weighted by Crippen LogP contribution is -2.27. The van der Waals surface area contributed by atoms with Gasteiger partial charge >= 0.3 is 5.97 Å². The normalized spacial score (nSPS) is 15.3. The smallest absolute Gasteiger partial charge is 0.341 e. The van der Waals surface area contributed by atoms with Crippen LogP contribution in [0, 0.1) is 0 Å². The van der Waals surface area contributed by atoms with Gasteiger partial charge in [0.15, 0.2) is 10.9 Å². The van der Waals surface area contributed by atoms with E-state index in [0.717, 1.165) is 0 Å². The van der Waals surface area contributed by atoms with Gasteiger partial charge in [-0.3, -0.25) is 9.69 Å². The van der Waals surface area contributed by atoms with Crippen LogP contribution in [0.15, 0.2) is 53.4 Å². The highest BCUT2D eigenvalue weighted by Gasteiger charge is 2.34. The van der Waals surface area contributed by atoms with E-state index in [2.05, 4.69) is 0 Å². The summed E-state index contributed by atoms with van der Waals surface area (Å²) in [5.41, 5.74) is 1.29. The number of carbonyl (C=O) groups is 2. The van der Waals surface area contributed by atoms with Crippen LogP contribution in [0.1, 0.15) is 5.56 Å². The number of ether oxygens (including phenoxy) is 2. The van der Waals surface area contributed by atoms with E-state index in [1.54, 1.807) is 42.5 Å². The zero-order chi connectivity index (χ0) is 19.4. The highest BCUT2D eigenvalue weighted by molar-refractivity contribution is 8.27. The number of rotatable bonds is 6. The second-order valence-corrected chi connectivity index (χ2v) is 7.12. The number of thioether (sulfide) groups is 1. The summed E-state index contributed by atoms with van der Waals surface area (Å²) in [5.74, 6) is -0.338. The van der Waals surface area contributed by atoms with Gasteiger partial charge in [0.2, 0.25) is 0 Å². The third-order valence-electron chi connectivity index (χ3n) is 3.64. The number of amides is 1. The van der Waals surface area contributed by atoms with E-state index in [4.69, 9.17) is 26.8 Å². The van der Waals surface area contributed by atoms with Crippen molar-refractivity contribution in [3.05, 3.63) is 59.0 Å². The van der Waals surface area contributed by atoms with Crippen molar-refractivity contribution >= 4 is 51.9 Å². The third-order valence-corrected chi connectivity index (χ3v) is 4.94. The summed E-state index contributed by atoms with van der Waals surface area (Å²) in [5, 5.41) is 8.70. The molecule has 0 radical (unpaired) electrons. The molecule has 0 bridgehead atoms. The van der Waals surface area contributed by atoms with Crippen molar-refractivity contribution in [3.8, 4) is 11.5 Å². The molecule has 1 saturated heterocycles. The van der Waals surface area contributed by atoms with Crippen LogP contribution in [0.2, 0.25) is 0 Å². The first-order chi connectivity index (χ1) is 13.0. The Hall–Kier alpha value is -2.84. The average molecular weight is 401 g/mol. The van der Waals surface area contributed by atoms with E-state index in [0.29, 0.717) is 32.0 Å². The van der Waals surface area contributed by atoms with Crippen LogP contribution in [0.5, 0.6) is 11.5 Å². The Labute approximate surface area is 165 Å². The molecule has 0 aromatic heterocycles. The Kier molecular flexibility index (Phi) is 5.78. The molecule has 1 amide bonds. The molecule has 0 spiro atoms. The number of carbonyl (C=O) groups excluding carboxylic acids is 1. The van der Waals surface area contributed by atoms with Crippen LogP contribution in [0.3, 0.4) is 0 Å². The number of hydrogen-bond donors (Lipinski definition) is 1. The Morgan fingerprint density at radius 1 is 1.26 bits per heavy atom. The van der Waals surface area contributed by atoms with Crippen molar-refractivity contribution in [3.63, 3.8) is 0 Å². The van der Waals surface area contributed by atoms with E-state index in [1.807, 2.05) is 12.1 Å². The van der Waals surface area contributed by atoms with Crippen LogP contribution in [-0.2, 0) is 9.59 Å². The van der Waals surface area contributed by atoms with Crippen molar-refractivity contribution in [1.29, 1.82) is 0 Å². The van der Waals surface area contributed by atoms with Gasteiger partial charge in [0.1, 0.15) is 11.5 Å². The SMILES string of the molecule is COc1ccccc1N1C(=O)/C(=C\c2cccc(OCC(=O)O)c2)SC1=S. The van der Waals surface area contributed by atoms with Crippen LogP contribution < -0.4 is 14.4 Å². The van der Waals surface area contributed by atoms with E-state index in [9.17, 15) is 9.59 Å². The fourth-order valence-corrected chi connectivity index (χ4v) is 3.77. The minimum Gasteiger partial charge on any atom is -0.495 e. The lowest BCUT2D eigenvalue weighted by atomic mass is 10.2. The highest BCUT2D eigenvalue weighted by Crippen LogP contribution is 2.39. The van der Waals surface area contributed by atoms with Gasteiger partial charge in [0.05, 0.1) is 17.7 Å². The number of anilines is 1. The fourth-order valence-electron chi connectivity index (χ4n) is 2.48. The maximum absolute atomic E-state index is 12.9. The summed E-state index contributed by atoms with van der Waals surface area (Å²) >= 11 is 6.57. The largest absolute Gasteiger partial charge is 0.495 e. The summed E-state index contributed by atoms with van der Waals surface area (Å²) in [7, 11) is 1.54. The lowest BCUT2D eigenvalue weighted by Gasteiger charge is -2.17. The van der Waals surface area contributed by atoms with Gasteiger partial charge in [-0.1, -0.05) is 48.2 Å². The van der Waals surface area contributed by atoms with Crippen LogP contribution in [0.4, 0.5) is 5.69 Å². The molecule has 3 rings (SSSR count). The molecule has 1 fully saturated rings. The van der Waals surface area contributed by atoms with E-state index in [1.165, 1.54) is 23.8 Å². The number of para-hydroxylation sites is 2. The molecule has 2 aromatic rings. The van der Waals surface area contributed by atoms with Crippen LogP contribution in [-0.4, -0.2) is 35.0 Å². The van der Waals surface area contributed by atoms with Gasteiger partial charge in [-0.05, 0) is 35.9 Å². The molecular weight excluding hydrogens is 386 g/mol. The van der Waals surface area contributed by atoms with Gasteiger partial charge in [-0.25, -0.2) is 4.79 Å². The zero-order valence-corrected chi connectivity index (χ0v) is 15.9. The topological polar surface area (TPSA) is 76.1 Å². The van der Waals surface area contributed by atoms with Crippen molar-refractivity contribution in [2.45, 2.75) is 0 Å². The molecule has 1 N–H and O–H groups in total. The second-order valence-electron chi connectivity index (χ2n) is 5.44. The molecule has 0 atom stereocenters. The highest BCUT2D eigenvalue weighted by atomic mass is 32.2. The van der Waals surface area contributed by atoms with Crippen molar-refractivity contribution in [1.82, 2.24) is 0 Å². The van der Waals surface area contributed by atoms with E-state index in [-0.39, 0.29) is 5.91 Å². The fraction of sp³-hybridized carbons (Fsp3) is 0.105. The van der Waals surface area contributed by atoms with Gasteiger partial charge in [-0.2, -0.15) is 0 Å². The van der Waals surface area contributed by atoms with E-state index < -0.39 is 12.6 Å². The number of benzene rings is 2. The summed E-state index contributed by atoms with van der Waals surface area (Å²) < 4.78 is 10.9. The number of aliphatic carboxylic acids is 1. The molecule has 1 aliphatic rings. The van der Waals surface area contributed by atoms with Crippen molar-refractivity contribution < 1.29 is 24.2 Å². The third kappa shape index (κ3) is 4.29. The number of carboxylic acids is 1. The minimum absolute atomic E-state index is 0.244. The molecular formula is C19H15NO5S2. The Balaban J connectivity index is 1.86. The first-order valence-electron chi connectivity index (χ1n) is 7.85. The predicted octanol–water partition coefficient (Wildman–Crippen LogP) is 3.56. The number of thiocarbonyl (C=S) groups is 1. The maximum atomic E-state index is 12.9. The standard InChI is InChI=1S/C19H15NO5S2/c1-24-15-8-3-2-7-14(15)20-18(23)16(27-19(20)26)10-12-5-4-6-13(9-12)25-11-17(21)22/h2-10H,11H2,1H3,(H,21,22)/b16-10+. The van der Waals surface area contributed by atoms with Crippen molar-refractivity contribution in [2.75, 3.05) is 18.6 Å². The summed E-state index contributed by atoms with van der Waals surface area (Å²) in [6, 6.07) is 14.0. The molecule has 1 heterocycles. The quantitative estimate of drug-likeness (QED) is 0.586. The average Bonchev–Trinajstić information content (AvgIpc) is 2.93. The molecule has 27 heavy (non-hydrogen) atoms. The van der Waals surface area contributed by atoms with Gasteiger partial charge < -0.3 is 14.6 Å². The molecule has 8 heteroatoms.